The van der Waals surface area contributed by atoms with Crippen LogP contribution in [0.5, 0.6) is 0 Å². The van der Waals surface area contributed by atoms with Gasteiger partial charge in [0.05, 0.1) is 11.9 Å². The second kappa shape index (κ2) is 10.4. The quantitative estimate of drug-likeness (QED) is 0.370. The van der Waals surface area contributed by atoms with E-state index in [1.54, 1.807) is 41.3 Å². The van der Waals surface area contributed by atoms with Gasteiger partial charge in [-0.15, -0.1) is 0 Å². The maximum atomic E-state index is 14.1. The van der Waals surface area contributed by atoms with Crippen molar-refractivity contribution in [3.8, 4) is 5.69 Å². The van der Waals surface area contributed by atoms with E-state index in [2.05, 4.69) is 9.82 Å². The molecule has 0 aliphatic heterocycles. The molecule has 1 heterocycles. The summed E-state index contributed by atoms with van der Waals surface area (Å²) in [7, 11) is -4.31. The molecule has 0 unspecified atom stereocenters. The summed E-state index contributed by atoms with van der Waals surface area (Å²) < 4.78 is 49.1. The molecule has 0 amide bonds. The molecule has 34 heavy (non-hydrogen) atoms. The Morgan fingerprint density at radius 2 is 1.59 bits per heavy atom. The summed E-state index contributed by atoms with van der Waals surface area (Å²) in [5.74, 6) is -1.69. The van der Waals surface area contributed by atoms with Gasteiger partial charge in [-0.25, -0.2) is 17.5 Å². The average Bonchev–Trinajstić information content (AvgIpc) is 3.32. The van der Waals surface area contributed by atoms with Crippen LogP contribution in [0.2, 0.25) is 0 Å². The van der Waals surface area contributed by atoms with Gasteiger partial charge in [-0.05, 0) is 36.2 Å². The van der Waals surface area contributed by atoms with Gasteiger partial charge in [-0.2, -0.15) is 9.82 Å². The lowest BCUT2D eigenvalue weighted by Gasteiger charge is -2.18. The van der Waals surface area contributed by atoms with E-state index in [0.717, 1.165) is 23.4 Å². The molecule has 3 aromatic carbocycles. The fourth-order valence-corrected chi connectivity index (χ4v) is 4.61. The minimum absolute atomic E-state index is 0.0383. The van der Waals surface area contributed by atoms with Crippen molar-refractivity contribution in [1.82, 2.24) is 14.5 Å². The van der Waals surface area contributed by atoms with Crippen molar-refractivity contribution in [3.63, 3.8) is 0 Å². The average molecular weight is 480 g/mol. The van der Waals surface area contributed by atoms with Crippen molar-refractivity contribution >= 4 is 16.0 Å². The van der Waals surface area contributed by atoms with Gasteiger partial charge in [0.1, 0.15) is 23.4 Å². The standard InChI is InChI=1S/C25H22FN3O4S/c26-22-13-7-8-14-24(22)34(31,32)28-23(15-19-9-3-1-4-10-19)25(30)33-18-20-16-27-29(17-20)21-11-5-2-6-12-21/h1-14,16-17,23,28H,15,18H2/t23-/m0/s1. The lowest BCUT2D eigenvalue weighted by atomic mass is 10.1. The lowest BCUT2D eigenvalue weighted by Crippen LogP contribution is -2.43. The summed E-state index contributed by atoms with van der Waals surface area (Å²) in [4.78, 5) is 12.4. The number of halogens is 1. The first-order chi connectivity index (χ1) is 16.4. The Bertz CT molecular complexity index is 1360. The van der Waals surface area contributed by atoms with Crippen molar-refractivity contribution in [2.45, 2.75) is 24.0 Å². The fraction of sp³-hybridized carbons (Fsp3) is 0.120. The highest BCUT2D eigenvalue weighted by molar-refractivity contribution is 7.89. The van der Waals surface area contributed by atoms with Crippen LogP contribution in [0.1, 0.15) is 11.1 Å². The fourth-order valence-electron chi connectivity index (χ4n) is 3.35. The summed E-state index contributed by atoms with van der Waals surface area (Å²) in [5.41, 5.74) is 2.20. The summed E-state index contributed by atoms with van der Waals surface area (Å²) in [6, 6.07) is 22.1. The van der Waals surface area contributed by atoms with Gasteiger partial charge >= 0.3 is 5.97 Å². The Labute approximate surface area is 196 Å². The molecule has 4 aromatic rings. The molecule has 7 nitrogen and oxygen atoms in total. The third kappa shape index (κ3) is 5.75. The maximum Gasteiger partial charge on any atom is 0.324 e. The first-order valence-electron chi connectivity index (χ1n) is 10.5. The van der Waals surface area contributed by atoms with E-state index in [0.29, 0.717) is 5.56 Å². The normalized spacial score (nSPS) is 12.3. The number of sulfonamides is 1. The predicted octanol–water partition coefficient (Wildman–Crippen LogP) is 3.64. The Kier molecular flexibility index (Phi) is 7.15. The SMILES string of the molecule is O=C(OCc1cnn(-c2ccccc2)c1)[C@H](Cc1ccccc1)NS(=O)(=O)c1ccccc1F. The minimum Gasteiger partial charge on any atom is -0.459 e. The zero-order valence-electron chi connectivity index (χ0n) is 18.0. The van der Waals surface area contributed by atoms with Crippen LogP contribution in [0.15, 0.2) is 102 Å². The molecule has 4 rings (SSSR count). The molecule has 0 fully saturated rings. The van der Waals surface area contributed by atoms with Gasteiger partial charge in [-0.3, -0.25) is 4.79 Å². The summed E-state index contributed by atoms with van der Waals surface area (Å²) in [6.07, 6.45) is 3.32. The van der Waals surface area contributed by atoms with E-state index < -0.39 is 32.7 Å². The monoisotopic (exact) mass is 479 g/mol. The van der Waals surface area contributed by atoms with Crippen LogP contribution in [0.3, 0.4) is 0 Å². The number of hydrogen-bond donors (Lipinski definition) is 1. The van der Waals surface area contributed by atoms with Gasteiger partial charge in [0.25, 0.3) is 0 Å². The molecule has 1 aromatic heterocycles. The number of carbonyl (C=O) groups excluding carboxylic acids is 1. The number of esters is 1. The van der Waals surface area contributed by atoms with E-state index >= 15 is 0 Å². The summed E-state index contributed by atoms with van der Waals surface area (Å²) >= 11 is 0. The topological polar surface area (TPSA) is 90.3 Å². The van der Waals surface area contributed by atoms with Gasteiger partial charge in [-0.1, -0.05) is 60.7 Å². The molecule has 1 N–H and O–H groups in total. The highest BCUT2D eigenvalue weighted by atomic mass is 32.2. The van der Waals surface area contributed by atoms with Crippen LogP contribution in [-0.2, 0) is 32.6 Å². The van der Waals surface area contributed by atoms with Crippen LogP contribution in [0.25, 0.3) is 5.69 Å². The van der Waals surface area contributed by atoms with Gasteiger partial charge in [0.15, 0.2) is 0 Å². The molecular formula is C25H22FN3O4S. The molecule has 0 bridgehead atoms. The predicted molar refractivity (Wildman–Crippen MR) is 124 cm³/mol. The Balaban J connectivity index is 1.50. The Morgan fingerprint density at radius 1 is 0.941 bits per heavy atom. The third-order valence-electron chi connectivity index (χ3n) is 5.03. The van der Waals surface area contributed by atoms with E-state index in [1.165, 1.54) is 12.1 Å². The lowest BCUT2D eigenvalue weighted by molar-refractivity contribution is -0.147. The van der Waals surface area contributed by atoms with Crippen LogP contribution in [0.4, 0.5) is 4.39 Å². The summed E-state index contributed by atoms with van der Waals surface area (Å²) in [5, 5.41) is 4.26. The van der Waals surface area contributed by atoms with Crippen molar-refractivity contribution in [3.05, 3.63) is 114 Å². The molecule has 0 saturated carbocycles. The Hall–Kier alpha value is -3.82. The van der Waals surface area contributed by atoms with E-state index in [-0.39, 0.29) is 13.0 Å². The second-order valence-electron chi connectivity index (χ2n) is 7.53. The molecule has 9 heteroatoms. The molecule has 0 radical (unpaired) electrons. The van der Waals surface area contributed by atoms with E-state index in [4.69, 9.17) is 4.74 Å². The number of nitrogens with zero attached hydrogens (tertiary/aromatic N) is 2. The highest BCUT2D eigenvalue weighted by Crippen LogP contribution is 2.16. The number of rotatable bonds is 9. The molecule has 174 valence electrons. The first kappa shape index (κ1) is 23.3. The third-order valence-corrected chi connectivity index (χ3v) is 6.53. The minimum atomic E-state index is -4.31. The van der Waals surface area contributed by atoms with Crippen LogP contribution < -0.4 is 4.72 Å². The molecule has 0 aliphatic carbocycles. The van der Waals surface area contributed by atoms with Gasteiger partial charge in [0, 0.05) is 11.8 Å². The zero-order chi connectivity index (χ0) is 24.0. The Morgan fingerprint density at radius 3 is 2.29 bits per heavy atom. The molecular weight excluding hydrogens is 457 g/mol. The maximum absolute atomic E-state index is 14.1. The molecule has 0 spiro atoms. The first-order valence-corrected chi connectivity index (χ1v) is 12.0. The van der Waals surface area contributed by atoms with E-state index in [9.17, 15) is 17.6 Å². The summed E-state index contributed by atoms with van der Waals surface area (Å²) in [6.45, 7) is -0.0988. The van der Waals surface area contributed by atoms with Crippen molar-refractivity contribution in [2.24, 2.45) is 0 Å². The largest absolute Gasteiger partial charge is 0.459 e. The second-order valence-corrected chi connectivity index (χ2v) is 9.21. The highest BCUT2D eigenvalue weighted by Gasteiger charge is 2.29. The number of para-hydroxylation sites is 1. The number of ether oxygens (including phenoxy) is 1. The van der Waals surface area contributed by atoms with Gasteiger partial charge in [0.2, 0.25) is 10.0 Å². The van der Waals surface area contributed by atoms with Crippen molar-refractivity contribution < 1.29 is 22.3 Å². The van der Waals surface area contributed by atoms with Crippen LogP contribution >= 0.6 is 0 Å². The number of benzene rings is 3. The van der Waals surface area contributed by atoms with Crippen LogP contribution in [-0.4, -0.2) is 30.2 Å². The smallest absolute Gasteiger partial charge is 0.324 e. The molecule has 1 atom stereocenters. The zero-order valence-corrected chi connectivity index (χ0v) is 18.9. The molecule has 0 aliphatic rings. The number of hydrogen-bond acceptors (Lipinski definition) is 5. The van der Waals surface area contributed by atoms with Crippen LogP contribution in [0, 0.1) is 5.82 Å². The molecule has 0 saturated heterocycles. The van der Waals surface area contributed by atoms with Crippen molar-refractivity contribution in [2.75, 3.05) is 0 Å². The van der Waals surface area contributed by atoms with Crippen molar-refractivity contribution in [1.29, 1.82) is 0 Å². The number of carbonyl (C=O) groups is 1. The van der Waals surface area contributed by atoms with Gasteiger partial charge < -0.3 is 4.74 Å². The van der Waals surface area contributed by atoms with E-state index in [1.807, 2.05) is 36.4 Å². The number of nitrogens with one attached hydrogen (secondary N) is 1. The number of aromatic nitrogens is 2.